The van der Waals surface area contributed by atoms with Gasteiger partial charge in [0.25, 0.3) is 5.91 Å². The first-order chi connectivity index (χ1) is 20.3. The lowest BCUT2D eigenvalue weighted by Crippen LogP contribution is -2.23. The molecule has 11 nitrogen and oxygen atoms in total. The molecule has 2 unspecified atom stereocenters. The summed E-state index contributed by atoms with van der Waals surface area (Å²) in [6, 6.07) is 3.30. The van der Waals surface area contributed by atoms with Gasteiger partial charge in [-0.15, -0.1) is 15.3 Å². The third-order valence-corrected chi connectivity index (χ3v) is 6.73. The van der Waals surface area contributed by atoms with Crippen molar-refractivity contribution in [2.45, 2.75) is 57.2 Å². The third-order valence-electron chi connectivity index (χ3n) is 5.75. The number of pyridine rings is 2. The molecule has 0 aromatic carbocycles. The van der Waals surface area contributed by atoms with E-state index in [0.29, 0.717) is 5.01 Å². The van der Waals surface area contributed by atoms with Crippen molar-refractivity contribution in [3.05, 3.63) is 81.1 Å². The normalized spacial score (nSPS) is 13.6. The number of amides is 1. The minimum atomic E-state index is -4.55. The van der Waals surface area contributed by atoms with E-state index in [2.05, 4.69) is 41.1 Å². The van der Waals surface area contributed by atoms with Crippen LogP contribution in [0.5, 0.6) is 0 Å². The van der Waals surface area contributed by atoms with Crippen LogP contribution in [0.2, 0.25) is 0 Å². The van der Waals surface area contributed by atoms with Crippen LogP contribution < -0.4 is 10.6 Å². The monoisotopic (exact) mass is 633 g/mol. The average molecular weight is 634 g/mol. The molecule has 0 bridgehead atoms. The molecule has 2 atom stereocenters. The number of nitrogens with zero attached hydrogens (tertiary/aromatic N) is 7. The van der Waals surface area contributed by atoms with Gasteiger partial charge in [-0.05, 0) is 30.7 Å². The highest BCUT2D eigenvalue weighted by Gasteiger charge is 2.31. The molecule has 0 fully saturated rings. The molecular formula is C24H22F7N9O2S. The third kappa shape index (κ3) is 9.19. The van der Waals surface area contributed by atoms with E-state index in [1.165, 1.54) is 6.20 Å². The Morgan fingerprint density at radius 1 is 0.953 bits per heavy atom. The summed E-state index contributed by atoms with van der Waals surface area (Å²) in [5.41, 5.74) is -1.73. The second-order valence-electron chi connectivity index (χ2n) is 9.04. The standard InChI is InChI=1S/C24H22F7N9O2S/c25-15(11-40-12-18(36-39-40)20(41)34-9-16-7-13(3-5-32-16)23(26,27)28)1-2-19-37-38-22(43-19)21(42)35-10-17-8-14(4-6-33-17)24(29,30)31/h3-8,12,15,20,34,41H,1-2,9-11H2,(H,35,42). The van der Waals surface area contributed by atoms with Crippen LogP contribution >= 0.6 is 11.3 Å². The lowest BCUT2D eigenvalue weighted by atomic mass is 10.2. The molecule has 4 rings (SSSR count). The zero-order valence-corrected chi connectivity index (χ0v) is 22.6. The molecule has 4 heterocycles. The SMILES string of the molecule is O=C(NCc1cc(C(F)(F)F)ccn1)c1nnc(CCC(F)Cn2cc(C(O)NCc3cc(C(F)(F)F)ccn3)nn2)s1. The number of aliphatic hydroxyl groups is 1. The van der Waals surface area contributed by atoms with Crippen LogP contribution in [-0.4, -0.2) is 52.3 Å². The molecule has 0 radical (unpaired) electrons. The molecule has 4 aromatic rings. The number of aryl methyl sites for hydroxylation is 1. The van der Waals surface area contributed by atoms with E-state index in [0.717, 1.165) is 52.7 Å². The number of carbonyl (C=O) groups excluding carboxylic acids is 1. The van der Waals surface area contributed by atoms with Gasteiger partial charge in [0.2, 0.25) is 5.01 Å². The summed E-state index contributed by atoms with van der Waals surface area (Å²) in [5, 5.41) is 30.6. The quantitative estimate of drug-likeness (QED) is 0.157. The molecule has 1 amide bonds. The maximum absolute atomic E-state index is 14.6. The number of hydrogen-bond donors (Lipinski definition) is 3. The zero-order chi connectivity index (χ0) is 31.2. The minimum absolute atomic E-state index is 0.000444. The molecule has 0 spiro atoms. The van der Waals surface area contributed by atoms with E-state index < -0.39 is 41.8 Å². The average Bonchev–Trinajstić information content (AvgIpc) is 3.63. The molecule has 4 aromatic heterocycles. The van der Waals surface area contributed by atoms with E-state index >= 15 is 0 Å². The first kappa shape index (κ1) is 31.8. The Labute approximate surface area is 242 Å². The Morgan fingerprint density at radius 2 is 1.58 bits per heavy atom. The predicted octanol–water partition coefficient (Wildman–Crippen LogP) is 3.64. The van der Waals surface area contributed by atoms with Crippen molar-refractivity contribution in [2.24, 2.45) is 0 Å². The summed E-state index contributed by atoms with van der Waals surface area (Å²) in [6.45, 7) is -0.699. The molecule has 19 heteroatoms. The van der Waals surface area contributed by atoms with Crippen LogP contribution in [0.1, 0.15) is 55.7 Å². The molecule has 3 N–H and O–H groups in total. The van der Waals surface area contributed by atoms with Crippen LogP contribution in [0.4, 0.5) is 30.7 Å². The van der Waals surface area contributed by atoms with Crippen molar-refractivity contribution >= 4 is 17.2 Å². The lowest BCUT2D eigenvalue weighted by molar-refractivity contribution is -0.138. The summed E-state index contributed by atoms with van der Waals surface area (Å²) in [5.74, 6) is -0.675. The van der Waals surface area contributed by atoms with E-state index in [9.17, 15) is 40.6 Å². The number of nitrogens with one attached hydrogen (secondary N) is 2. The topological polar surface area (TPSA) is 144 Å². The fraction of sp³-hybridized carbons (Fsp3) is 0.375. The van der Waals surface area contributed by atoms with Crippen molar-refractivity contribution in [1.29, 1.82) is 0 Å². The Bertz CT molecular complexity index is 1530. The van der Waals surface area contributed by atoms with Crippen molar-refractivity contribution in [3.63, 3.8) is 0 Å². The molecule has 0 aliphatic carbocycles. The first-order valence-electron chi connectivity index (χ1n) is 12.4. The Morgan fingerprint density at radius 3 is 2.21 bits per heavy atom. The number of aliphatic hydroxyl groups excluding tert-OH is 1. The number of halogens is 7. The molecular weight excluding hydrogens is 611 g/mol. The Hall–Kier alpha value is -4.10. The van der Waals surface area contributed by atoms with Crippen LogP contribution in [0.25, 0.3) is 0 Å². The fourth-order valence-electron chi connectivity index (χ4n) is 3.60. The number of hydrogen-bond acceptors (Lipinski definition) is 10. The summed E-state index contributed by atoms with van der Waals surface area (Å²) >= 11 is 0.901. The number of alkyl halides is 7. The molecule has 230 valence electrons. The summed E-state index contributed by atoms with van der Waals surface area (Å²) in [4.78, 5) is 19.9. The van der Waals surface area contributed by atoms with Crippen LogP contribution in [-0.2, 0) is 38.4 Å². The van der Waals surface area contributed by atoms with E-state index in [-0.39, 0.29) is 54.6 Å². The van der Waals surface area contributed by atoms with E-state index in [1.54, 1.807) is 0 Å². The fourth-order valence-corrected chi connectivity index (χ4v) is 4.37. The van der Waals surface area contributed by atoms with Gasteiger partial charge in [0.15, 0.2) is 6.23 Å². The van der Waals surface area contributed by atoms with Gasteiger partial charge in [-0.1, -0.05) is 16.6 Å². The molecule has 43 heavy (non-hydrogen) atoms. The Balaban J connectivity index is 1.21. The van der Waals surface area contributed by atoms with Gasteiger partial charge in [0.1, 0.15) is 16.9 Å². The van der Waals surface area contributed by atoms with Crippen LogP contribution in [0.3, 0.4) is 0 Å². The highest BCUT2D eigenvalue weighted by molar-refractivity contribution is 7.13. The summed E-state index contributed by atoms with van der Waals surface area (Å²) < 4.78 is 92.8. The molecule has 0 saturated carbocycles. The minimum Gasteiger partial charge on any atom is -0.373 e. The largest absolute Gasteiger partial charge is 0.416 e. The van der Waals surface area contributed by atoms with E-state index in [1.807, 2.05) is 0 Å². The first-order valence-corrected chi connectivity index (χ1v) is 13.2. The van der Waals surface area contributed by atoms with Crippen LogP contribution in [0, 0.1) is 0 Å². The van der Waals surface area contributed by atoms with Gasteiger partial charge in [-0.2, -0.15) is 26.3 Å². The van der Waals surface area contributed by atoms with Gasteiger partial charge < -0.3 is 10.4 Å². The van der Waals surface area contributed by atoms with Crippen LogP contribution in [0.15, 0.2) is 42.9 Å². The number of carbonyl (C=O) groups is 1. The predicted molar refractivity (Wildman–Crippen MR) is 135 cm³/mol. The second kappa shape index (κ2) is 13.5. The van der Waals surface area contributed by atoms with E-state index in [4.69, 9.17) is 0 Å². The van der Waals surface area contributed by atoms with Gasteiger partial charge in [0.05, 0.1) is 41.8 Å². The number of aromatic nitrogens is 7. The zero-order valence-electron chi connectivity index (χ0n) is 21.8. The smallest absolute Gasteiger partial charge is 0.373 e. The molecule has 0 saturated heterocycles. The summed E-state index contributed by atoms with van der Waals surface area (Å²) in [6.07, 6.45) is -8.55. The van der Waals surface area contributed by atoms with Gasteiger partial charge in [0, 0.05) is 25.4 Å². The van der Waals surface area contributed by atoms with Gasteiger partial charge in [-0.25, -0.2) is 9.07 Å². The maximum Gasteiger partial charge on any atom is 0.416 e. The highest BCUT2D eigenvalue weighted by atomic mass is 32.1. The molecule has 0 aliphatic rings. The molecule has 0 aliphatic heterocycles. The van der Waals surface area contributed by atoms with Crippen molar-refractivity contribution in [2.75, 3.05) is 0 Å². The number of rotatable bonds is 12. The van der Waals surface area contributed by atoms with Gasteiger partial charge >= 0.3 is 12.4 Å². The Kier molecular flexibility index (Phi) is 9.97. The van der Waals surface area contributed by atoms with Gasteiger partial charge in [-0.3, -0.25) is 20.1 Å². The van der Waals surface area contributed by atoms with Crippen molar-refractivity contribution in [1.82, 2.24) is 45.8 Å². The van der Waals surface area contributed by atoms with Crippen molar-refractivity contribution < 1.29 is 40.6 Å². The lowest BCUT2D eigenvalue weighted by Gasteiger charge is -2.11. The highest BCUT2D eigenvalue weighted by Crippen LogP contribution is 2.30. The maximum atomic E-state index is 14.6. The van der Waals surface area contributed by atoms with Crippen molar-refractivity contribution in [3.8, 4) is 0 Å². The second-order valence-corrected chi connectivity index (χ2v) is 10.1. The summed E-state index contributed by atoms with van der Waals surface area (Å²) in [7, 11) is 0.